The molecule has 2 aliphatic heterocycles. The van der Waals surface area contributed by atoms with Gasteiger partial charge in [0.15, 0.2) is 11.6 Å². The largest absolute Gasteiger partial charge is 0.334 e. The third kappa shape index (κ3) is 4.48. The number of amides is 1. The molecule has 1 amide bonds. The number of benzene rings is 2. The number of piperazine rings is 1. The highest BCUT2D eigenvalue weighted by Crippen LogP contribution is 2.29. The monoisotopic (exact) mass is 450 g/mol. The van der Waals surface area contributed by atoms with Crippen LogP contribution in [0, 0.1) is 11.6 Å². The van der Waals surface area contributed by atoms with Gasteiger partial charge in [-0.2, -0.15) is 0 Å². The summed E-state index contributed by atoms with van der Waals surface area (Å²) < 4.78 is 27.4. The third-order valence-electron chi connectivity index (χ3n) is 6.86. The Hall–Kier alpha value is -2.90. The summed E-state index contributed by atoms with van der Waals surface area (Å²) in [6.07, 6.45) is 1.99. The normalized spacial score (nSPS) is 20.0. The van der Waals surface area contributed by atoms with Crippen molar-refractivity contribution in [2.45, 2.75) is 18.9 Å². The summed E-state index contributed by atoms with van der Waals surface area (Å²) in [4.78, 5) is 25.2. The van der Waals surface area contributed by atoms with E-state index in [0.29, 0.717) is 22.3 Å². The van der Waals surface area contributed by atoms with Gasteiger partial charge >= 0.3 is 0 Å². The van der Waals surface area contributed by atoms with Crippen molar-refractivity contribution in [2.24, 2.45) is 0 Å². The molecule has 0 aliphatic carbocycles. The van der Waals surface area contributed by atoms with E-state index in [0.717, 1.165) is 69.6 Å². The molecule has 2 fully saturated rings. The third-order valence-corrected chi connectivity index (χ3v) is 6.86. The molecule has 5 nitrogen and oxygen atoms in total. The molecule has 0 N–H and O–H groups in total. The van der Waals surface area contributed by atoms with Gasteiger partial charge in [-0.3, -0.25) is 9.69 Å². The van der Waals surface area contributed by atoms with Gasteiger partial charge in [0.1, 0.15) is 0 Å². The van der Waals surface area contributed by atoms with Gasteiger partial charge in [0, 0.05) is 56.3 Å². The highest BCUT2D eigenvalue weighted by molar-refractivity contribution is 6.07. The second kappa shape index (κ2) is 9.15. The number of carbonyl (C=O) groups is 1. The molecule has 3 aromatic rings. The van der Waals surface area contributed by atoms with Gasteiger partial charge in [-0.1, -0.05) is 18.2 Å². The van der Waals surface area contributed by atoms with Crippen LogP contribution in [-0.4, -0.2) is 77.9 Å². The number of carbonyl (C=O) groups excluding carboxylic acids is 1. The van der Waals surface area contributed by atoms with Gasteiger partial charge in [-0.05, 0) is 50.2 Å². The lowest BCUT2D eigenvalue weighted by molar-refractivity contribution is 0.0669. The fourth-order valence-electron chi connectivity index (χ4n) is 4.93. The smallest absolute Gasteiger partial charge is 0.254 e. The number of likely N-dealkylation sites (N-methyl/N-ethyl adjacent to an activating group) is 1. The maximum absolute atomic E-state index is 13.9. The summed E-state index contributed by atoms with van der Waals surface area (Å²) in [6.45, 7) is 5.76. The first-order chi connectivity index (χ1) is 16.0. The molecule has 1 aromatic heterocycles. The Labute approximate surface area is 192 Å². The molecule has 33 heavy (non-hydrogen) atoms. The number of halogens is 2. The van der Waals surface area contributed by atoms with Gasteiger partial charge in [0.05, 0.1) is 16.8 Å². The van der Waals surface area contributed by atoms with E-state index in [1.165, 1.54) is 6.07 Å². The summed E-state index contributed by atoms with van der Waals surface area (Å²) >= 11 is 0. The Kier molecular flexibility index (Phi) is 6.08. The average molecular weight is 451 g/mol. The van der Waals surface area contributed by atoms with E-state index in [1.807, 2.05) is 29.2 Å². The van der Waals surface area contributed by atoms with Gasteiger partial charge < -0.3 is 9.80 Å². The summed E-state index contributed by atoms with van der Waals surface area (Å²) in [7, 11) is 2.14. The Morgan fingerprint density at radius 1 is 1.00 bits per heavy atom. The van der Waals surface area contributed by atoms with Crippen molar-refractivity contribution in [3.63, 3.8) is 0 Å². The Balaban J connectivity index is 1.47. The minimum Gasteiger partial charge on any atom is -0.334 e. The van der Waals surface area contributed by atoms with E-state index < -0.39 is 11.6 Å². The van der Waals surface area contributed by atoms with Gasteiger partial charge in [0.2, 0.25) is 0 Å². The zero-order chi connectivity index (χ0) is 22.9. The molecule has 0 unspecified atom stereocenters. The lowest BCUT2D eigenvalue weighted by Crippen LogP contribution is -2.50. The van der Waals surface area contributed by atoms with Gasteiger partial charge in [-0.25, -0.2) is 13.8 Å². The first-order valence-electron chi connectivity index (χ1n) is 11.6. The van der Waals surface area contributed by atoms with E-state index in [2.05, 4.69) is 21.8 Å². The van der Waals surface area contributed by atoms with Crippen LogP contribution in [0.2, 0.25) is 0 Å². The maximum Gasteiger partial charge on any atom is 0.254 e. The number of rotatable bonds is 4. The second-order valence-electron chi connectivity index (χ2n) is 9.10. The zero-order valence-corrected chi connectivity index (χ0v) is 18.8. The van der Waals surface area contributed by atoms with Crippen LogP contribution in [0.15, 0.2) is 48.5 Å². The quantitative estimate of drug-likeness (QED) is 0.602. The minimum atomic E-state index is -0.929. The van der Waals surface area contributed by atoms with Crippen LogP contribution in [0.5, 0.6) is 0 Å². The van der Waals surface area contributed by atoms with E-state index >= 15 is 0 Å². The van der Waals surface area contributed by atoms with E-state index in [-0.39, 0.29) is 11.9 Å². The van der Waals surface area contributed by atoms with E-state index in [9.17, 15) is 13.6 Å². The lowest BCUT2D eigenvalue weighted by atomic mass is 10.0. The number of pyridine rings is 1. The topological polar surface area (TPSA) is 39.7 Å². The van der Waals surface area contributed by atoms with Crippen molar-refractivity contribution in [1.29, 1.82) is 0 Å². The van der Waals surface area contributed by atoms with Crippen LogP contribution in [0.1, 0.15) is 23.2 Å². The Morgan fingerprint density at radius 2 is 1.79 bits per heavy atom. The van der Waals surface area contributed by atoms with Crippen LogP contribution in [0.3, 0.4) is 0 Å². The summed E-state index contributed by atoms with van der Waals surface area (Å²) in [6, 6.07) is 13.1. The highest BCUT2D eigenvalue weighted by Gasteiger charge is 2.32. The van der Waals surface area contributed by atoms with E-state index in [4.69, 9.17) is 0 Å². The van der Waals surface area contributed by atoms with Crippen molar-refractivity contribution in [3.05, 3.63) is 65.7 Å². The van der Waals surface area contributed by atoms with Crippen molar-refractivity contribution in [2.75, 3.05) is 46.3 Å². The van der Waals surface area contributed by atoms with Gasteiger partial charge in [-0.15, -0.1) is 0 Å². The van der Waals surface area contributed by atoms with Crippen molar-refractivity contribution < 1.29 is 13.6 Å². The molecule has 1 atom stereocenters. The second-order valence-corrected chi connectivity index (χ2v) is 9.10. The van der Waals surface area contributed by atoms with Crippen molar-refractivity contribution in [1.82, 2.24) is 19.7 Å². The number of fused-ring (bicyclic) bond motifs is 1. The Morgan fingerprint density at radius 3 is 2.58 bits per heavy atom. The zero-order valence-electron chi connectivity index (χ0n) is 18.8. The number of para-hydroxylation sites is 1. The lowest BCUT2D eigenvalue weighted by Gasteiger charge is -2.36. The standard InChI is InChI=1S/C26H28F2N4O/c1-30-11-13-31(14-12-30)17-19-5-4-10-32(19)26(33)21-16-25(18-8-9-22(27)23(28)15-18)29-24-7-3-2-6-20(21)24/h2-3,6-9,15-16,19H,4-5,10-14,17H2,1H3/t19-/m1/s1. The van der Waals surface area contributed by atoms with Crippen molar-refractivity contribution in [3.8, 4) is 11.3 Å². The number of likely N-dealkylation sites (tertiary alicyclic amines) is 1. The molecule has 0 bridgehead atoms. The fourth-order valence-corrected chi connectivity index (χ4v) is 4.93. The highest BCUT2D eigenvalue weighted by atomic mass is 19.2. The first kappa shape index (κ1) is 21.9. The molecule has 3 heterocycles. The SMILES string of the molecule is CN1CCN(C[C@H]2CCCN2C(=O)c2cc(-c3ccc(F)c(F)c3)nc3ccccc23)CC1. The fraction of sp³-hybridized carbons (Fsp3) is 0.385. The first-order valence-corrected chi connectivity index (χ1v) is 11.6. The molecule has 7 heteroatoms. The predicted octanol–water partition coefficient (Wildman–Crippen LogP) is 4.03. The Bertz CT molecular complexity index is 1180. The minimum absolute atomic E-state index is 0.0194. The molecular formula is C26H28F2N4O. The van der Waals surface area contributed by atoms with Crippen LogP contribution in [0.4, 0.5) is 8.78 Å². The van der Waals surface area contributed by atoms with Crippen LogP contribution in [0.25, 0.3) is 22.2 Å². The molecule has 0 spiro atoms. The van der Waals surface area contributed by atoms with Crippen LogP contribution >= 0.6 is 0 Å². The van der Waals surface area contributed by atoms with Crippen LogP contribution in [-0.2, 0) is 0 Å². The number of nitrogens with zero attached hydrogens (tertiary/aromatic N) is 4. The maximum atomic E-state index is 13.9. The molecule has 0 saturated carbocycles. The number of aromatic nitrogens is 1. The summed E-state index contributed by atoms with van der Waals surface area (Å²) in [5, 5.41) is 0.777. The van der Waals surface area contributed by atoms with E-state index in [1.54, 1.807) is 6.07 Å². The summed E-state index contributed by atoms with van der Waals surface area (Å²) in [5.41, 5.74) is 2.14. The molecule has 5 rings (SSSR count). The number of hydrogen-bond donors (Lipinski definition) is 0. The molecule has 172 valence electrons. The molecule has 2 aliphatic rings. The predicted molar refractivity (Wildman–Crippen MR) is 125 cm³/mol. The van der Waals surface area contributed by atoms with Crippen LogP contribution < -0.4 is 0 Å². The summed E-state index contributed by atoms with van der Waals surface area (Å²) in [5.74, 6) is -1.85. The average Bonchev–Trinajstić information content (AvgIpc) is 3.29. The number of hydrogen-bond acceptors (Lipinski definition) is 4. The molecule has 2 aromatic carbocycles. The van der Waals surface area contributed by atoms with Gasteiger partial charge in [0.25, 0.3) is 5.91 Å². The molecular weight excluding hydrogens is 422 g/mol. The molecule has 0 radical (unpaired) electrons. The molecule has 2 saturated heterocycles. The van der Waals surface area contributed by atoms with Crippen molar-refractivity contribution >= 4 is 16.8 Å².